The summed E-state index contributed by atoms with van der Waals surface area (Å²) in [5.41, 5.74) is 3.48. The van der Waals surface area contributed by atoms with Gasteiger partial charge in [0.15, 0.2) is 6.29 Å². The molecule has 0 N–H and O–H groups in total. The number of aryl methyl sites for hydroxylation is 1. The number of fused-ring (bicyclic) bond motifs is 1. The number of hydrogen-bond donors (Lipinski definition) is 0. The van der Waals surface area contributed by atoms with E-state index in [0.717, 1.165) is 22.8 Å². The molecule has 1 aromatic heterocycles. The summed E-state index contributed by atoms with van der Waals surface area (Å²) in [6, 6.07) is 15.6. The van der Waals surface area contributed by atoms with Gasteiger partial charge in [-0.1, -0.05) is 48.0 Å². The number of rotatable bonds is 2. The second-order valence-corrected chi connectivity index (χ2v) is 4.32. The lowest BCUT2D eigenvalue weighted by Gasteiger charge is -1.98. The van der Waals surface area contributed by atoms with Crippen molar-refractivity contribution in [2.45, 2.75) is 6.92 Å². The third-order valence-electron chi connectivity index (χ3n) is 3.07. The minimum absolute atomic E-state index is 0.620. The van der Waals surface area contributed by atoms with E-state index in [9.17, 15) is 4.79 Å². The van der Waals surface area contributed by atoms with Gasteiger partial charge in [0, 0.05) is 10.9 Å². The van der Waals surface area contributed by atoms with Gasteiger partial charge in [0.1, 0.15) is 11.3 Å². The maximum Gasteiger partial charge on any atom is 0.154 e. The van der Waals surface area contributed by atoms with E-state index in [1.165, 1.54) is 5.56 Å². The molecule has 3 aromatic rings. The van der Waals surface area contributed by atoms with Crippen LogP contribution in [-0.2, 0) is 0 Å². The first-order chi connectivity index (χ1) is 8.79. The summed E-state index contributed by atoms with van der Waals surface area (Å²) in [4.78, 5) is 11.3. The molecule has 0 bridgehead atoms. The summed E-state index contributed by atoms with van der Waals surface area (Å²) in [7, 11) is 0. The third-order valence-corrected chi connectivity index (χ3v) is 3.07. The third kappa shape index (κ3) is 1.63. The highest BCUT2D eigenvalue weighted by Gasteiger charge is 2.14. The molecule has 0 spiro atoms. The van der Waals surface area contributed by atoms with E-state index >= 15 is 0 Å². The first-order valence-electron chi connectivity index (χ1n) is 5.83. The van der Waals surface area contributed by atoms with Gasteiger partial charge in [0.25, 0.3) is 0 Å². The number of carbonyl (C=O) groups excluding carboxylic acids is 1. The quantitative estimate of drug-likeness (QED) is 0.623. The predicted molar refractivity (Wildman–Crippen MR) is 71.8 cm³/mol. The first-order valence-corrected chi connectivity index (χ1v) is 5.83. The zero-order valence-electron chi connectivity index (χ0n) is 10.0. The van der Waals surface area contributed by atoms with E-state index < -0.39 is 0 Å². The molecule has 0 aliphatic carbocycles. The Morgan fingerprint density at radius 2 is 1.72 bits per heavy atom. The fourth-order valence-corrected chi connectivity index (χ4v) is 2.10. The normalized spacial score (nSPS) is 10.7. The molecule has 18 heavy (non-hydrogen) atoms. The van der Waals surface area contributed by atoms with Crippen molar-refractivity contribution in [3.63, 3.8) is 0 Å². The molecule has 2 aromatic carbocycles. The Morgan fingerprint density at radius 1 is 1.00 bits per heavy atom. The predicted octanol–water partition coefficient (Wildman–Crippen LogP) is 4.22. The lowest BCUT2D eigenvalue weighted by atomic mass is 10.1. The number of carbonyl (C=O) groups is 1. The first kappa shape index (κ1) is 10.8. The molecule has 0 aliphatic heterocycles. The minimum atomic E-state index is 0.620. The van der Waals surface area contributed by atoms with Crippen LogP contribution in [0.3, 0.4) is 0 Å². The van der Waals surface area contributed by atoms with E-state index in [1.54, 1.807) is 0 Å². The Bertz CT molecular complexity index is 706. The molecule has 0 unspecified atom stereocenters. The molecule has 0 aliphatic rings. The van der Waals surface area contributed by atoms with Gasteiger partial charge in [0.2, 0.25) is 0 Å². The Labute approximate surface area is 105 Å². The van der Waals surface area contributed by atoms with E-state index in [4.69, 9.17) is 4.42 Å². The van der Waals surface area contributed by atoms with E-state index in [0.29, 0.717) is 11.3 Å². The molecule has 0 radical (unpaired) electrons. The fraction of sp³-hybridized carbons (Fsp3) is 0.0625. The minimum Gasteiger partial charge on any atom is -0.455 e. The lowest BCUT2D eigenvalue weighted by molar-refractivity contribution is 0.112. The largest absolute Gasteiger partial charge is 0.455 e. The molecule has 0 atom stereocenters. The summed E-state index contributed by atoms with van der Waals surface area (Å²) in [6.07, 6.45) is 0.862. The Hall–Kier alpha value is -2.35. The molecular formula is C16H12O2. The average Bonchev–Trinajstić information content (AvgIpc) is 2.78. The highest BCUT2D eigenvalue weighted by molar-refractivity contribution is 6.02. The number of furan rings is 1. The van der Waals surface area contributed by atoms with Crippen molar-refractivity contribution in [1.82, 2.24) is 0 Å². The lowest BCUT2D eigenvalue weighted by Crippen LogP contribution is -1.82. The van der Waals surface area contributed by atoms with Crippen LogP contribution < -0.4 is 0 Å². The summed E-state index contributed by atoms with van der Waals surface area (Å²) in [5.74, 6) is 0.645. The van der Waals surface area contributed by atoms with Crippen molar-refractivity contribution in [3.8, 4) is 11.3 Å². The summed E-state index contributed by atoms with van der Waals surface area (Å²) >= 11 is 0. The molecule has 3 rings (SSSR count). The highest BCUT2D eigenvalue weighted by Crippen LogP contribution is 2.32. The molecule has 88 valence electrons. The zero-order valence-corrected chi connectivity index (χ0v) is 10.0. The van der Waals surface area contributed by atoms with Crippen LogP contribution in [0.4, 0.5) is 0 Å². The van der Waals surface area contributed by atoms with Gasteiger partial charge in [-0.15, -0.1) is 0 Å². The van der Waals surface area contributed by atoms with Gasteiger partial charge >= 0.3 is 0 Å². The Morgan fingerprint density at radius 3 is 2.44 bits per heavy atom. The number of para-hydroxylation sites is 1. The van der Waals surface area contributed by atoms with Gasteiger partial charge in [-0.2, -0.15) is 0 Å². The smallest absolute Gasteiger partial charge is 0.154 e. The maximum absolute atomic E-state index is 11.3. The van der Waals surface area contributed by atoms with E-state index in [1.807, 2.05) is 55.5 Å². The molecule has 2 nitrogen and oxygen atoms in total. The number of aldehydes is 1. The van der Waals surface area contributed by atoms with Gasteiger partial charge in [-0.05, 0) is 13.0 Å². The van der Waals surface area contributed by atoms with Crippen molar-refractivity contribution in [3.05, 3.63) is 59.7 Å². The number of hydrogen-bond acceptors (Lipinski definition) is 2. The maximum atomic E-state index is 11.3. The van der Waals surface area contributed by atoms with Crippen molar-refractivity contribution < 1.29 is 9.21 Å². The highest BCUT2D eigenvalue weighted by atomic mass is 16.3. The van der Waals surface area contributed by atoms with Crippen molar-refractivity contribution in [2.75, 3.05) is 0 Å². The number of benzene rings is 2. The van der Waals surface area contributed by atoms with Crippen LogP contribution in [-0.4, -0.2) is 6.29 Å². The molecular weight excluding hydrogens is 224 g/mol. The van der Waals surface area contributed by atoms with Crippen LogP contribution in [0.15, 0.2) is 52.9 Å². The SMILES string of the molecule is Cc1ccc(-c2oc3ccccc3c2C=O)cc1. The van der Waals surface area contributed by atoms with Crippen LogP contribution in [0.5, 0.6) is 0 Å². The summed E-state index contributed by atoms with van der Waals surface area (Å²) < 4.78 is 5.78. The topological polar surface area (TPSA) is 30.2 Å². The van der Waals surface area contributed by atoms with E-state index in [2.05, 4.69) is 0 Å². The standard InChI is InChI=1S/C16H12O2/c1-11-6-8-12(9-7-11)16-14(10-17)13-4-2-3-5-15(13)18-16/h2-10H,1H3. The van der Waals surface area contributed by atoms with Gasteiger partial charge < -0.3 is 4.42 Å². The molecule has 0 saturated heterocycles. The summed E-state index contributed by atoms with van der Waals surface area (Å²) in [6.45, 7) is 2.03. The van der Waals surface area contributed by atoms with Crippen molar-refractivity contribution >= 4 is 17.3 Å². The molecule has 1 heterocycles. The zero-order chi connectivity index (χ0) is 12.5. The van der Waals surface area contributed by atoms with Gasteiger partial charge in [0.05, 0.1) is 5.56 Å². The summed E-state index contributed by atoms with van der Waals surface area (Å²) in [5, 5.41) is 0.864. The van der Waals surface area contributed by atoms with Crippen LogP contribution in [0, 0.1) is 6.92 Å². The monoisotopic (exact) mass is 236 g/mol. The Kier molecular flexibility index (Phi) is 2.49. The van der Waals surface area contributed by atoms with Crippen molar-refractivity contribution in [2.24, 2.45) is 0 Å². The second kappa shape index (κ2) is 4.15. The second-order valence-electron chi connectivity index (χ2n) is 4.32. The van der Waals surface area contributed by atoms with Crippen LogP contribution in [0.25, 0.3) is 22.3 Å². The molecule has 0 fully saturated rings. The van der Waals surface area contributed by atoms with Crippen LogP contribution in [0.2, 0.25) is 0 Å². The van der Waals surface area contributed by atoms with Crippen LogP contribution >= 0.6 is 0 Å². The molecule has 2 heteroatoms. The molecule has 0 saturated carbocycles. The fourth-order valence-electron chi connectivity index (χ4n) is 2.10. The Balaban J connectivity index is 2.28. The van der Waals surface area contributed by atoms with Crippen molar-refractivity contribution in [1.29, 1.82) is 0 Å². The van der Waals surface area contributed by atoms with Gasteiger partial charge in [-0.25, -0.2) is 0 Å². The molecule has 0 amide bonds. The van der Waals surface area contributed by atoms with E-state index in [-0.39, 0.29) is 0 Å². The average molecular weight is 236 g/mol. The van der Waals surface area contributed by atoms with Gasteiger partial charge in [-0.3, -0.25) is 4.79 Å². The van der Waals surface area contributed by atoms with Crippen LogP contribution in [0.1, 0.15) is 15.9 Å².